The highest BCUT2D eigenvalue weighted by Crippen LogP contribution is 2.37. The van der Waals surface area contributed by atoms with Crippen molar-refractivity contribution >= 4 is 40.3 Å². The van der Waals surface area contributed by atoms with E-state index in [1.54, 1.807) is 0 Å². The van der Waals surface area contributed by atoms with E-state index < -0.39 is 34.1 Å². The van der Waals surface area contributed by atoms with Crippen molar-refractivity contribution in [3.63, 3.8) is 0 Å². The van der Waals surface area contributed by atoms with Crippen LogP contribution in [0.15, 0.2) is 27.9 Å². The molecule has 0 saturated heterocycles. The molecule has 0 aliphatic rings. The van der Waals surface area contributed by atoms with Crippen LogP contribution in [0.5, 0.6) is 5.75 Å². The molecule has 5 N–H and O–H groups in total. The Hall–Kier alpha value is -1.42. The van der Waals surface area contributed by atoms with E-state index >= 15 is 0 Å². The Morgan fingerprint density at radius 3 is 2.43 bits per heavy atom. The molecule has 1 aromatic carbocycles. The zero-order chi connectivity index (χ0) is 16.0. The Morgan fingerprint density at radius 1 is 1.29 bits per heavy atom. The lowest BCUT2D eigenvalue weighted by Gasteiger charge is -2.08. The highest BCUT2D eigenvalue weighted by atomic mass is 35.5. The number of H-pyrrole nitrogens is 1. The van der Waals surface area contributed by atoms with Crippen LogP contribution in [0, 0.1) is 0 Å². The molecule has 0 unspecified atom stereocenters. The number of hydrogen-bond donors (Lipinski definition) is 4. The third-order valence-corrected chi connectivity index (χ3v) is 4.20. The van der Waals surface area contributed by atoms with Gasteiger partial charge >= 0.3 is 7.82 Å². The van der Waals surface area contributed by atoms with Crippen LogP contribution < -0.4 is 15.2 Å². The Labute approximate surface area is 122 Å². The maximum atomic E-state index is 11.6. The number of phosphoric acid groups is 1. The van der Waals surface area contributed by atoms with Crippen LogP contribution in [0.3, 0.4) is 0 Å². The number of aromatic nitrogens is 1. The number of phosphoric ester groups is 1. The summed E-state index contributed by atoms with van der Waals surface area (Å²) in [5.74, 6) is -0.668. The number of nitrogens with one attached hydrogen (secondary N) is 1. The van der Waals surface area contributed by atoms with Gasteiger partial charge in [0.05, 0.1) is 10.5 Å². The second kappa shape index (κ2) is 5.09. The van der Waals surface area contributed by atoms with Gasteiger partial charge in [-0.25, -0.2) is 18.1 Å². The number of rotatable bonds is 3. The van der Waals surface area contributed by atoms with E-state index in [4.69, 9.17) is 26.5 Å². The summed E-state index contributed by atoms with van der Waals surface area (Å²) in [7, 11) is -9.04. The van der Waals surface area contributed by atoms with E-state index in [1.807, 2.05) is 0 Å². The van der Waals surface area contributed by atoms with Crippen LogP contribution in [-0.2, 0) is 14.6 Å². The lowest BCUT2D eigenvalue weighted by atomic mass is 10.2. The van der Waals surface area contributed by atoms with Crippen LogP contribution in [0.4, 0.5) is 0 Å². The van der Waals surface area contributed by atoms with Gasteiger partial charge in [0.2, 0.25) is 10.0 Å². The van der Waals surface area contributed by atoms with Gasteiger partial charge in [-0.2, -0.15) is 0 Å². The first-order chi connectivity index (χ1) is 9.47. The van der Waals surface area contributed by atoms with Crippen LogP contribution in [0.25, 0.3) is 10.9 Å². The molecular formula is C9H8ClN2O7PS. The number of primary sulfonamides is 1. The molecule has 0 bridgehead atoms. The maximum Gasteiger partial charge on any atom is 0.524 e. The molecule has 2 aromatic rings. The number of sulfonamides is 1. The fraction of sp³-hybridized carbons (Fsp3) is 0. The van der Waals surface area contributed by atoms with E-state index in [0.717, 1.165) is 18.2 Å². The van der Waals surface area contributed by atoms with Gasteiger partial charge in [-0.3, -0.25) is 14.6 Å². The Morgan fingerprint density at radius 2 is 1.90 bits per heavy atom. The smallest absolute Gasteiger partial charge is 0.398 e. The molecule has 12 heteroatoms. The zero-order valence-electron chi connectivity index (χ0n) is 9.98. The van der Waals surface area contributed by atoms with Crippen LogP contribution in [-0.4, -0.2) is 23.2 Å². The molecule has 0 aliphatic carbocycles. The van der Waals surface area contributed by atoms with Crippen molar-refractivity contribution < 1.29 is 27.3 Å². The Kier molecular flexibility index (Phi) is 3.87. The first-order valence-corrected chi connectivity index (χ1v) is 8.57. The van der Waals surface area contributed by atoms with Gasteiger partial charge in [0.15, 0.2) is 5.75 Å². The minimum absolute atomic E-state index is 0.117. The highest BCUT2D eigenvalue weighted by molar-refractivity contribution is 7.89. The van der Waals surface area contributed by atoms with Crippen molar-refractivity contribution in [1.29, 1.82) is 0 Å². The normalized spacial score (nSPS) is 12.6. The minimum Gasteiger partial charge on any atom is -0.398 e. The lowest BCUT2D eigenvalue weighted by Crippen LogP contribution is -2.14. The largest absolute Gasteiger partial charge is 0.524 e. The van der Waals surface area contributed by atoms with Crippen molar-refractivity contribution in [2.75, 3.05) is 0 Å². The predicted molar refractivity (Wildman–Crippen MR) is 73.6 cm³/mol. The van der Waals surface area contributed by atoms with Crippen molar-refractivity contribution in [3.05, 3.63) is 33.6 Å². The molecule has 0 radical (unpaired) electrons. The number of benzene rings is 1. The highest BCUT2D eigenvalue weighted by Gasteiger charge is 2.20. The number of pyridine rings is 1. The molecular weight excluding hydrogens is 347 g/mol. The fourth-order valence-corrected chi connectivity index (χ4v) is 3.10. The molecule has 1 heterocycles. The van der Waals surface area contributed by atoms with Gasteiger partial charge in [-0.05, 0) is 18.2 Å². The number of halogens is 1. The number of fused-ring (bicyclic) bond motifs is 1. The van der Waals surface area contributed by atoms with Crippen LogP contribution in [0.2, 0.25) is 5.02 Å². The molecule has 0 atom stereocenters. The monoisotopic (exact) mass is 354 g/mol. The van der Waals surface area contributed by atoms with Gasteiger partial charge < -0.3 is 9.51 Å². The number of nitrogens with two attached hydrogens (primary N) is 1. The molecule has 0 saturated carbocycles. The third-order valence-electron chi connectivity index (χ3n) is 2.39. The molecule has 21 heavy (non-hydrogen) atoms. The predicted octanol–water partition coefficient (Wildman–Crippen LogP) is 0.300. The first-order valence-electron chi connectivity index (χ1n) is 5.12. The second-order valence-electron chi connectivity index (χ2n) is 3.96. The Balaban J connectivity index is 2.74. The van der Waals surface area contributed by atoms with Gasteiger partial charge in [0, 0.05) is 5.39 Å². The summed E-state index contributed by atoms with van der Waals surface area (Å²) in [6.07, 6.45) is 0. The van der Waals surface area contributed by atoms with Crippen LogP contribution in [0.1, 0.15) is 0 Å². The van der Waals surface area contributed by atoms with Crippen molar-refractivity contribution in [3.8, 4) is 5.75 Å². The van der Waals surface area contributed by atoms with E-state index in [9.17, 15) is 17.8 Å². The summed E-state index contributed by atoms with van der Waals surface area (Å²) < 4.78 is 37.6. The number of hydrogen-bond acceptors (Lipinski definition) is 5. The summed E-state index contributed by atoms with van der Waals surface area (Å²) >= 11 is 5.75. The van der Waals surface area contributed by atoms with E-state index in [2.05, 4.69) is 9.51 Å². The van der Waals surface area contributed by atoms with Gasteiger partial charge in [-0.1, -0.05) is 11.6 Å². The van der Waals surface area contributed by atoms with Crippen molar-refractivity contribution in [2.24, 2.45) is 5.14 Å². The average molecular weight is 355 g/mol. The van der Waals surface area contributed by atoms with Crippen molar-refractivity contribution in [1.82, 2.24) is 4.98 Å². The Bertz CT molecular complexity index is 933. The van der Waals surface area contributed by atoms with Gasteiger partial charge in [-0.15, -0.1) is 0 Å². The average Bonchev–Trinajstić information content (AvgIpc) is 2.26. The summed E-state index contributed by atoms with van der Waals surface area (Å²) in [4.78, 5) is 30.8. The fourth-order valence-electron chi connectivity index (χ4n) is 1.60. The molecule has 1 aromatic heterocycles. The molecule has 0 spiro atoms. The summed E-state index contributed by atoms with van der Waals surface area (Å²) in [5.41, 5.74) is -0.763. The maximum absolute atomic E-state index is 11.6. The molecule has 114 valence electrons. The quantitative estimate of drug-likeness (QED) is 0.576. The van der Waals surface area contributed by atoms with E-state index in [0.29, 0.717) is 0 Å². The van der Waals surface area contributed by atoms with Crippen molar-refractivity contribution in [2.45, 2.75) is 4.90 Å². The van der Waals surface area contributed by atoms with Gasteiger partial charge in [0.1, 0.15) is 4.90 Å². The molecule has 0 amide bonds. The topological polar surface area (TPSA) is 160 Å². The molecule has 0 aliphatic heterocycles. The molecule has 2 rings (SSSR count). The second-order valence-corrected chi connectivity index (χ2v) is 7.06. The number of aromatic amines is 1. The standard InChI is InChI=1S/C9H8ClN2O7PS/c10-5-3-6-4(2-8(5)21(11,17)18)1-7(9(13)12-6)19-20(14,15)16/h1-3H,(H,12,13)(H2,11,17,18)(H2,14,15,16). The molecule has 9 nitrogen and oxygen atoms in total. The SMILES string of the molecule is NS(=O)(=O)c1cc2cc(OP(=O)(O)O)c(=O)[nH]c2cc1Cl. The first kappa shape index (κ1) is 16.0. The zero-order valence-corrected chi connectivity index (χ0v) is 12.4. The molecule has 0 fully saturated rings. The van der Waals surface area contributed by atoms with E-state index in [1.165, 1.54) is 0 Å². The van der Waals surface area contributed by atoms with Crippen LogP contribution >= 0.6 is 19.4 Å². The third kappa shape index (κ3) is 3.62. The summed E-state index contributed by atoms with van der Waals surface area (Å²) in [6.45, 7) is 0. The van der Waals surface area contributed by atoms with Gasteiger partial charge in [0.25, 0.3) is 5.56 Å². The lowest BCUT2D eigenvalue weighted by molar-refractivity contribution is 0.282. The van der Waals surface area contributed by atoms with E-state index in [-0.39, 0.29) is 15.9 Å². The summed E-state index contributed by atoms with van der Waals surface area (Å²) in [5, 5.41) is 4.89. The minimum atomic E-state index is -4.94. The summed E-state index contributed by atoms with van der Waals surface area (Å²) in [6, 6.07) is 3.17.